The van der Waals surface area contributed by atoms with Crippen LogP contribution in [0.4, 0.5) is 0 Å². The molecule has 2 rings (SSSR count). The summed E-state index contributed by atoms with van der Waals surface area (Å²) in [4.78, 5) is 14.9. The van der Waals surface area contributed by atoms with Gasteiger partial charge in [0.25, 0.3) is 0 Å². The van der Waals surface area contributed by atoms with Gasteiger partial charge in [-0.3, -0.25) is 10.1 Å². The van der Waals surface area contributed by atoms with E-state index in [-0.39, 0.29) is 24.2 Å². The molecule has 0 spiro atoms. The molecule has 3 heteroatoms. The maximum Gasteiger partial charge on any atom is 0.241 e. The first-order valence-corrected chi connectivity index (χ1v) is 8.19. The highest BCUT2D eigenvalue weighted by Gasteiger charge is 2.42. The topological polar surface area (TPSA) is 32.3 Å². The van der Waals surface area contributed by atoms with Crippen molar-refractivity contribution >= 4 is 5.91 Å². The lowest BCUT2D eigenvalue weighted by molar-refractivity contribution is -0.132. The second-order valence-corrected chi connectivity index (χ2v) is 6.44. The summed E-state index contributed by atoms with van der Waals surface area (Å²) in [6.45, 7) is 8.59. The van der Waals surface area contributed by atoms with Gasteiger partial charge in [-0.15, -0.1) is 0 Å². The molecule has 0 bridgehead atoms. The summed E-state index contributed by atoms with van der Waals surface area (Å²) in [6.07, 6.45) is 3.42. The summed E-state index contributed by atoms with van der Waals surface area (Å²) in [5.74, 6) is 0.564. The van der Waals surface area contributed by atoms with Gasteiger partial charge in [0.1, 0.15) is 6.17 Å². The van der Waals surface area contributed by atoms with Gasteiger partial charge in [0.05, 0.1) is 6.04 Å². The maximum absolute atomic E-state index is 12.8. The van der Waals surface area contributed by atoms with E-state index in [9.17, 15) is 4.79 Å². The van der Waals surface area contributed by atoms with Crippen molar-refractivity contribution < 1.29 is 4.79 Å². The summed E-state index contributed by atoms with van der Waals surface area (Å²) in [5.41, 5.74) is 1.18. The standard InChI is InChI=1S/C18H28N2O/c1-5-6-10-14(4)20-17(15-11-8-7-9-12-15)19-16(13(2)3)18(20)21/h7-9,11-14,16-17,19H,5-6,10H2,1-4H3. The van der Waals surface area contributed by atoms with Crippen LogP contribution >= 0.6 is 0 Å². The molecule has 21 heavy (non-hydrogen) atoms. The highest BCUT2D eigenvalue weighted by Crippen LogP contribution is 2.31. The van der Waals surface area contributed by atoms with Crippen molar-refractivity contribution in [1.29, 1.82) is 0 Å². The Morgan fingerprint density at radius 1 is 1.19 bits per heavy atom. The first-order chi connectivity index (χ1) is 10.1. The molecule has 0 saturated carbocycles. The fraction of sp³-hybridized carbons (Fsp3) is 0.611. The summed E-state index contributed by atoms with van der Waals surface area (Å²) in [7, 11) is 0. The maximum atomic E-state index is 12.8. The molecule has 1 aliphatic rings. The molecular weight excluding hydrogens is 260 g/mol. The zero-order valence-electron chi connectivity index (χ0n) is 13.7. The molecule has 1 aliphatic heterocycles. The van der Waals surface area contributed by atoms with Crippen LogP contribution in [0, 0.1) is 5.92 Å². The zero-order valence-corrected chi connectivity index (χ0v) is 13.7. The monoisotopic (exact) mass is 288 g/mol. The largest absolute Gasteiger partial charge is 0.319 e. The Labute approximate surface area is 128 Å². The molecule has 1 saturated heterocycles. The smallest absolute Gasteiger partial charge is 0.241 e. The lowest BCUT2D eigenvalue weighted by Gasteiger charge is -2.30. The molecule has 1 aromatic rings. The number of hydrogen-bond donors (Lipinski definition) is 1. The molecule has 1 amide bonds. The quantitative estimate of drug-likeness (QED) is 0.865. The molecule has 0 radical (unpaired) electrons. The predicted octanol–water partition coefficient (Wildman–Crippen LogP) is 3.72. The minimum Gasteiger partial charge on any atom is -0.319 e. The van der Waals surface area contributed by atoms with Gasteiger partial charge in [0.15, 0.2) is 0 Å². The minimum absolute atomic E-state index is 0.0120. The first-order valence-electron chi connectivity index (χ1n) is 8.19. The van der Waals surface area contributed by atoms with Crippen LogP contribution in [0.1, 0.15) is 58.7 Å². The molecule has 1 heterocycles. The van der Waals surface area contributed by atoms with Gasteiger partial charge in [-0.2, -0.15) is 0 Å². The van der Waals surface area contributed by atoms with E-state index in [0.29, 0.717) is 5.92 Å². The van der Waals surface area contributed by atoms with E-state index < -0.39 is 0 Å². The Bertz CT molecular complexity index is 458. The van der Waals surface area contributed by atoms with E-state index in [1.54, 1.807) is 0 Å². The molecule has 1 N–H and O–H groups in total. The van der Waals surface area contributed by atoms with Crippen LogP contribution in [0.25, 0.3) is 0 Å². The second-order valence-electron chi connectivity index (χ2n) is 6.44. The number of unbranched alkanes of at least 4 members (excludes halogenated alkanes) is 1. The van der Waals surface area contributed by atoms with Gasteiger partial charge in [-0.1, -0.05) is 63.9 Å². The number of benzene rings is 1. The third-order valence-corrected chi connectivity index (χ3v) is 4.37. The predicted molar refractivity (Wildman–Crippen MR) is 86.8 cm³/mol. The summed E-state index contributed by atoms with van der Waals surface area (Å²) in [6, 6.07) is 10.5. The highest BCUT2D eigenvalue weighted by atomic mass is 16.2. The van der Waals surface area contributed by atoms with Crippen molar-refractivity contribution in [3.63, 3.8) is 0 Å². The lowest BCUT2D eigenvalue weighted by atomic mass is 10.0. The van der Waals surface area contributed by atoms with Gasteiger partial charge in [-0.25, -0.2) is 0 Å². The third kappa shape index (κ3) is 3.46. The van der Waals surface area contributed by atoms with Crippen molar-refractivity contribution in [3.05, 3.63) is 35.9 Å². The fourth-order valence-electron chi connectivity index (χ4n) is 3.09. The van der Waals surface area contributed by atoms with Gasteiger partial charge in [0, 0.05) is 6.04 Å². The molecule has 0 aromatic heterocycles. The molecule has 116 valence electrons. The van der Waals surface area contributed by atoms with Gasteiger partial charge in [0.2, 0.25) is 5.91 Å². The summed E-state index contributed by atoms with van der Waals surface area (Å²) >= 11 is 0. The van der Waals surface area contributed by atoms with E-state index in [1.165, 1.54) is 18.4 Å². The number of amides is 1. The molecule has 3 unspecified atom stereocenters. The lowest BCUT2D eigenvalue weighted by Crippen LogP contribution is -2.39. The zero-order chi connectivity index (χ0) is 15.4. The highest BCUT2D eigenvalue weighted by molar-refractivity contribution is 5.85. The Morgan fingerprint density at radius 3 is 2.43 bits per heavy atom. The van der Waals surface area contributed by atoms with Crippen LogP contribution in [0.15, 0.2) is 30.3 Å². The van der Waals surface area contributed by atoms with Crippen LogP contribution in [0.3, 0.4) is 0 Å². The molecule has 3 atom stereocenters. The van der Waals surface area contributed by atoms with Crippen LogP contribution < -0.4 is 5.32 Å². The Morgan fingerprint density at radius 2 is 1.86 bits per heavy atom. The van der Waals surface area contributed by atoms with Gasteiger partial charge < -0.3 is 4.90 Å². The third-order valence-electron chi connectivity index (χ3n) is 4.37. The first kappa shape index (κ1) is 16.0. The summed E-state index contributed by atoms with van der Waals surface area (Å²) < 4.78 is 0. The van der Waals surface area contributed by atoms with E-state index in [2.05, 4.69) is 50.0 Å². The molecule has 1 aromatic carbocycles. The second kappa shape index (κ2) is 7.08. The average molecular weight is 288 g/mol. The normalized spacial score (nSPS) is 23.9. The summed E-state index contributed by atoms with van der Waals surface area (Å²) in [5, 5.41) is 3.54. The Kier molecular flexibility index (Phi) is 5.40. The van der Waals surface area contributed by atoms with E-state index >= 15 is 0 Å². The number of hydrogen-bond acceptors (Lipinski definition) is 2. The SMILES string of the molecule is CCCCC(C)N1C(=O)C(C(C)C)NC1c1ccccc1. The minimum atomic E-state index is -0.0701. The number of carbonyl (C=O) groups excluding carboxylic acids is 1. The fourth-order valence-corrected chi connectivity index (χ4v) is 3.09. The number of rotatable bonds is 6. The van der Waals surface area contributed by atoms with Crippen molar-refractivity contribution in [1.82, 2.24) is 10.2 Å². The van der Waals surface area contributed by atoms with E-state index in [4.69, 9.17) is 0 Å². The molecule has 1 fully saturated rings. The van der Waals surface area contributed by atoms with E-state index in [1.807, 2.05) is 18.2 Å². The van der Waals surface area contributed by atoms with Gasteiger partial charge in [-0.05, 0) is 24.8 Å². The van der Waals surface area contributed by atoms with Crippen LogP contribution in [-0.2, 0) is 4.79 Å². The average Bonchev–Trinajstić information content (AvgIpc) is 2.83. The molecule has 3 nitrogen and oxygen atoms in total. The van der Waals surface area contributed by atoms with Crippen molar-refractivity contribution in [3.8, 4) is 0 Å². The van der Waals surface area contributed by atoms with Crippen molar-refractivity contribution in [2.24, 2.45) is 5.92 Å². The van der Waals surface area contributed by atoms with E-state index in [0.717, 1.165) is 6.42 Å². The van der Waals surface area contributed by atoms with Crippen LogP contribution in [0.5, 0.6) is 0 Å². The van der Waals surface area contributed by atoms with Crippen LogP contribution in [-0.4, -0.2) is 22.9 Å². The number of nitrogens with one attached hydrogen (secondary N) is 1. The molecular formula is C18H28N2O. The molecule has 0 aliphatic carbocycles. The Balaban J connectivity index is 2.25. The van der Waals surface area contributed by atoms with Crippen molar-refractivity contribution in [2.45, 2.75) is 65.2 Å². The van der Waals surface area contributed by atoms with Crippen molar-refractivity contribution in [2.75, 3.05) is 0 Å². The number of carbonyl (C=O) groups is 1. The van der Waals surface area contributed by atoms with Crippen LogP contribution in [0.2, 0.25) is 0 Å². The van der Waals surface area contributed by atoms with Gasteiger partial charge >= 0.3 is 0 Å². The Hall–Kier alpha value is -1.35. The number of nitrogens with zero attached hydrogens (tertiary/aromatic N) is 1.